The second-order valence-corrected chi connectivity index (χ2v) is 9.22. The Morgan fingerprint density at radius 3 is 2.38 bits per heavy atom. The summed E-state index contributed by atoms with van der Waals surface area (Å²) in [6.45, 7) is 8.09. The quantitative estimate of drug-likeness (QED) is 0.551. The molecule has 1 aromatic carbocycles. The Hall–Kier alpha value is -2.87. The molecule has 3 aromatic rings. The van der Waals surface area contributed by atoms with Crippen LogP contribution in [0.1, 0.15) is 42.0 Å². The van der Waals surface area contributed by atoms with Gasteiger partial charge in [-0.15, -0.1) is 11.8 Å². The fraction of sp³-hybridized carbons (Fsp3) is 0.417. The molecule has 1 amide bonds. The van der Waals surface area contributed by atoms with Crippen LogP contribution in [0.25, 0.3) is 11.0 Å². The van der Waals surface area contributed by atoms with Gasteiger partial charge in [-0.25, -0.2) is 9.78 Å². The van der Waals surface area contributed by atoms with Gasteiger partial charge in [0.05, 0.1) is 11.1 Å². The van der Waals surface area contributed by atoms with Gasteiger partial charge in [0.1, 0.15) is 5.65 Å². The second kappa shape index (κ2) is 9.73. The summed E-state index contributed by atoms with van der Waals surface area (Å²) in [5.41, 5.74) is 4.47. The third kappa shape index (κ3) is 4.65. The predicted molar refractivity (Wildman–Crippen MR) is 131 cm³/mol. The molecule has 0 aliphatic heterocycles. The Bertz CT molecular complexity index is 1280. The van der Waals surface area contributed by atoms with E-state index in [0.29, 0.717) is 11.0 Å². The third-order valence-corrected chi connectivity index (χ3v) is 6.75. The van der Waals surface area contributed by atoms with E-state index in [0.717, 1.165) is 56.7 Å². The van der Waals surface area contributed by atoms with Gasteiger partial charge in [-0.2, -0.15) is 0 Å². The highest BCUT2D eigenvalue weighted by Gasteiger charge is 2.19. The van der Waals surface area contributed by atoms with Crippen LogP contribution in [0.2, 0.25) is 0 Å². The number of amides is 1. The normalized spacial score (nSPS) is 11.2. The minimum absolute atomic E-state index is 0.141. The molecule has 8 heteroatoms. The summed E-state index contributed by atoms with van der Waals surface area (Å²) in [5.74, 6) is 0.00914. The lowest BCUT2D eigenvalue weighted by atomic mass is 10.1. The number of benzene rings is 1. The highest BCUT2D eigenvalue weighted by atomic mass is 32.2. The van der Waals surface area contributed by atoms with E-state index in [9.17, 15) is 14.4 Å². The fourth-order valence-electron chi connectivity index (χ4n) is 3.94. The maximum atomic E-state index is 13.0. The molecule has 1 N–H and O–H groups in total. The molecule has 0 aliphatic carbocycles. The summed E-state index contributed by atoms with van der Waals surface area (Å²) in [4.78, 5) is 43.3. The number of pyridine rings is 1. The van der Waals surface area contributed by atoms with Crippen molar-refractivity contribution in [2.45, 2.75) is 51.9 Å². The zero-order valence-electron chi connectivity index (χ0n) is 19.5. The summed E-state index contributed by atoms with van der Waals surface area (Å²) in [5, 5.41) is 3.41. The van der Waals surface area contributed by atoms with E-state index < -0.39 is 5.69 Å². The number of nitrogens with one attached hydrogen (secondary N) is 1. The van der Waals surface area contributed by atoms with Gasteiger partial charge < -0.3 is 5.32 Å². The van der Waals surface area contributed by atoms with Gasteiger partial charge in [0.25, 0.3) is 5.56 Å². The second-order valence-electron chi connectivity index (χ2n) is 8.23. The maximum Gasteiger partial charge on any atom is 0.332 e. The van der Waals surface area contributed by atoms with E-state index in [2.05, 4.69) is 17.2 Å². The van der Waals surface area contributed by atoms with Crippen molar-refractivity contribution in [2.24, 2.45) is 14.1 Å². The maximum absolute atomic E-state index is 13.0. The summed E-state index contributed by atoms with van der Waals surface area (Å²) in [6, 6.07) is 4.08. The number of hydrogen-bond acceptors (Lipinski definition) is 5. The van der Waals surface area contributed by atoms with Crippen LogP contribution in [0.4, 0.5) is 5.69 Å². The largest absolute Gasteiger partial charge is 0.332 e. The van der Waals surface area contributed by atoms with Crippen LogP contribution < -0.4 is 16.6 Å². The lowest BCUT2D eigenvalue weighted by Crippen LogP contribution is -2.37. The average Bonchev–Trinajstić information content (AvgIpc) is 2.75. The number of rotatable bonds is 7. The van der Waals surface area contributed by atoms with Crippen LogP contribution in [0.3, 0.4) is 0 Å². The molecule has 0 fully saturated rings. The minimum atomic E-state index is -0.421. The van der Waals surface area contributed by atoms with Crippen molar-refractivity contribution < 1.29 is 4.79 Å². The molecule has 0 bridgehead atoms. The Kier molecular flexibility index (Phi) is 7.23. The van der Waals surface area contributed by atoms with Gasteiger partial charge in [0, 0.05) is 30.9 Å². The van der Waals surface area contributed by atoms with E-state index in [1.807, 2.05) is 32.9 Å². The van der Waals surface area contributed by atoms with Gasteiger partial charge in [0.15, 0.2) is 0 Å². The molecule has 0 spiro atoms. The van der Waals surface area contributed by atoms with Crippen molar-refractivity contribution in [3.63, 3.8) is 0 Å². The number of nitrogens with zero attached hydrogens (tertiary/aromatic N) is 3. The van der Waals surface area contributed by atoms with Crippen LogP contribution in [0.5, 0.6) is 0 Å². The predicted octanol–water partition coefficient (Wildman–Crippen LogP) is 3.63. The van der Waals surface area contributed by atoms with Gasteiger partial charge in [0.2, 0.25) is 5.91 Å². The lowest BCUT2D eigenvalue weighted by molar-refractivity contribution is -0.113. The Morgan fingerprint density at radius 2 is 1.75 bits per heavy atom. The highest BCUT2D eigenvalue weighted by molar-refractivity contribution is 8.00. The number of anilines is 1. The molecule has 7 nitrogen and oxygen atoms in total. The van der Waals surface area contributed by atoms with Crippen LogP contribution in [0.15, 0.2) is 32.8 Å². The van der Waals surface area contributed by atoms with Crippen LogP contribution in [-0.2, 0) is 25.3 Å². The zero-order chi connectivity index (χ0) is 23.6. The monoisotopic (exact) mass is 454 g/mol. The first-order valence-electron chi connectivity index (χ1n) is 10.7. The van der Waals surface area contributed by atoms with Crippen molar-refractivity contribution in [3.05, 3.63) is 61.4 Å². The molecule has 0 aliphatic rings. The van der Waals surface area contributed by atoms with E-state index in [4.69, 9.17) is 0 Å². The van der Waals surface area contributed by atoms with E-state index in [1.54, 1.807) is 13.2 Å². The van der Waals surface area contributed by atoms with Crippen molar-refractivity contribution in [1.82, 2.24) is 14.1 Å². The van der Waals surface area contributed by atoms with Crippen molar-refractivity contribution >= 4 is 34.4 Å². The van der Waals surface area contributed by atoms with Gasteiger partial charge in [-0.05, 0) is 50.3 Å². The van der Waals surface area contributed by atoms with Gasteiger partial charge >= 0.3 is 5.69 Å². The zero-order valence-corrected chi connectivity index (χ0v) is 20.4. The first kappa shape index (κ1) is 23.8. The highest BCUT2D eigenvalue weighted by Crippen LogP contribution is 2.30. The topological polar surface area (TPSA) is 86.0 Å². The molecule has 0 saturated heterocycles. The van der Waals surface area contributed by atoms with Gasteiger partial charge in [-0.1, -0.05) is 31.0 Å². The number of unbranched alkanes of at least 4 members (excludes halogenated alkanes) is 1. The molecule has 170 valence electrons. The standard InChI is InChI=1S/C24H30N4O3S/c1-7-8-9-17-12-25-22-19(23(30)28(6)24(31)27(22)5)21(17)32-13-18(29)26-20-15(3)10-14(2)11-16(20)4/h10-12H,7-9,13H2,1-6H3,(H,26,29). The summed E-state index contributed by atoms with van der Waals surface area (Å²) in [6.07, 6.45) is 4.43. The lowest BCUT2D eigenvalue weighted by Gasteiger charge is -2.15. The van der Waals surface area contributed by atoms with Gasteiger partial charge in [-0.3, -0.25) is 18.7 Å². The molecular weight excluding hydrogens is 424 g/mol. The summed E-state index contributed by atoms with van der Waals surface area (Å²) >= 11 is 1.33. The molecule has 2 aromatic heterocycles. The summed E-state index contributed by atoms with van der Waals surface area (Å²) in [7, 11) is 3.07. The van der Waals surface area contributed by atoms with Crippen molar-refractivity contribution in [1.29, 1.82) is 0 Å². The molecule has 32 heavy (non-hydrogen) atoms. The van der Waals surface area contributed by atoms with Crippen LogP contribution >= 0.6 is 11.8 Å². The number of carbonyl (C=O) groups excluding carboxylic acids is 1. The Morgan fingerprint density at radius 1 is 1.09 bits per heavy atom. The number of fused-ring (bicyclic) bond motifs is 1. The first-order valence-corrected chi connectivity index (χ1v) is 11.7. The molecule has 0 radical (unpaired) electrons. The van der Waals surface area contributed by atoms with Crippen molar-refractivity contribution in [3.8, 4) is 0 Å². The number of aryl methyl sites for hydroxylation is 5. The van der Waals surface area contributed by atoms with E-state index >= 15 is 0 Å². The molecule has 0 atom stereocenters. The molecule has 0 unspecified atom stereocenters. The fourth-order valence-corrected chi connectivity index (χ4v) is 4.95. The summed E-state index contributed by atoms with van der Waals surface area (Å²) < 4.78 is 2.47. The minimum Gasteiger partial charge on any atom is -0.325 e. The molecular formula is C24H30N4O3S. The third-order valence-electron chi connectivity index (χ3n) is 5.58. The molecule has 0 saturated carbocycles. The average molecular weight is 455 g/mol. The molecule has 3 rings (SSSR count). The number of aromatic nitrogens is 3. The Labute approximate surface area is 191 Å². The van der Waals surface area contributed by atoms with E-state index in [1.165, 1.54) is 23.4 Å². The number of hydrogen-bond donors (Lipinski definition) is 1. The smallest absolute Gasteiger partial charge is 0.325 e. The van der Waals surface area contributed by atoms with Crippen molar-refractivity contribution in [2.75, 3.05) is 11.1 Å². The molecule has 2 heterocycles. The van der Waals surface area contributed by atoms with Crippen LogP contribution in [0, 0.1) is 20.8 Å². The van der Waals surface area contributed by atoms with E-state index in [-0.39, 0.29) is 17.2 Å². The number of thioether (sulfide) groups is 1. The SMILES string of the molecule is CCCCc1cnc2c(c1SCC(=O)Nc1c(C)cc(C)cc1C)c(=O)n(C)c(=O)n2C. The van der Waals surface area contributed by atoms with Crippen LogP contribution in [-0.4, -0.2) is 25.8 Å². The Balaban J connectivity index is 1.99. The number of carbonyl (C=O) groups is 1. The first-order chi connectivity index (χ1) is 15.1.